The van der Waals surface area contributed by atoms with Gasteiger partial charge in [0.05, 0.1) is 12.5 Å². The van der Waals surface area contributed by atoms with Crippen LogP contribution in [0.4, 0.5) is 0 Å². The number of hydroxylamine groups is 1. The molecular formula is C21H34N2O2. The molecule has 0 aromatic carbocycles. The van der Waals surface area contributed by atoms with Gasteiger partial charge >= 0.3 is 0 Å². The maximum atomic E-state index is 5.97. The number of rotatable bonds is 13. The molecule has 0 saturated heterocycles. The molecule has 0 saturated carbocycles. The van der Waals surface area contributed by atoms with Gasteiger partial charge in [0.15, 0.2) is 0 Å². The molecule has 25 heavy (non-hydrogen) atoms. The minimum atomic E-state index is -0.501. The number of hydrazine groups is 1. The lowest BCUT2D eigenvalue weighted by Crippen LogP contribution is -2.28. The van der Waals surface area contributed by atoms with E-state index < -0.39 is 5.60 Å². The van der Waals surface area contributed by atoms with E-state index in [-0.39, 0.29) is 0 Å². The third-order valence-corrected chi connectivity index (χ3v) is 3.06. The van der Waals surface area contributed by atoms with Gasteiger partial charge in [0.2, 0.25) is 0 Å². The standard InChI is InChI=1S/C21H34N2O2/c1-6-11-15-21(14-8-3,24-19-10-5)16-13-18-23(22-17-9-4)25-20-12-7-2/h8-15,17-20,22H,6-7,16H2,1-5H3. The molecular weight excluding hydrogens is 312 g/mol. The van der Waals surface area contributed by atoms with Crippen molar-refractivity contribution in [3.63, 3.8) is 0 Å². The maximum Gasteiger partial charge on any atom is 0.148 e. The largest absolute Gasteiger partial charge is 0.487 e. The van der Waals surface area contributed by atoms with Crippen molar-refractivity contribution in [3.8, 4) is 0 Å². The number of hydrogen-bond donors (Lipinski definition) is 1. The first kappa shape index (κ1) is 22.6. The molecule has 0 aliphatic carbocycles. The summed E-state index contributed by atoms with van der Waals surface area (Å²) in [4.78, 5) is 5.53. The summed E-state index contributed by atoms with van der Waals surface area (Å²) in [6.45, 7) is 10.0. The highest BCUT2D eigenvalue weighted by Crippen LogP contribution is 2.22. The van der Waals surface area contributed by atoms with E-state index in [0.717, 1.165) is 12.8 Å². The van der Waals surface area contributed by atoms with Gasteiger partial charge in [-0.25, -0.2) is 0 Å². The minimum absolute atomic E-state index is 0.501. The molecule has 0 fully saturated rings. The lowest BCUT2D eigenvalue weighted by atomic mass is 9.97. The Balaban J connectivity index is 5.18. The first-order valence-electron chi connectivity index (χ1n) is 8.93. The first-order chi connectivity index (χ1) is 12.2. The van der Waals surface area contributed by atoms with Gasteiger partial charge in [-0.3, -0.25) is 5.43 Å². The second-order valence-electron chi connectivity index (χ2n) is 5.28. The molecule has 4 heteroatoms. The summed E-state index contributed by atoms with van der Waals surface area (Å²) in [5.41, 5.74) is 2.53. The highest BCUT2D eigenvalue weighted by atomic mass is 16.7. The summed E-state index contributed by atoms with van der Waals surface area (Å²) in [5, 5.41) is 1.55. The summed E-state index contributed by atoms with van der Waals surface area (Å²) in [6.07, 6.45) is 25.6. The number of ether oxygens (including phenoxy) is 1. The molecule has 0 aliphatic rings. The molecule has 0 aromatic rings. The second-order valence-corrected chi connectivity index (χ2v) is 5.28. The monoisotopic (exact) mass is 346 g/mol. The SMILES string of the molecule is CC=CNN(C=CCC(C=CC)(C=CCC)OC=CC)OC=CCC. The van der Waals surface area contributed by atoms with Crippen molar-refractivity contribution in [2.24, 2.45) is 0 Å². The Bertz CT molecular complexity index is 490. The minimum Gasteiger partial charge on any atom is -0.487 e. The summed E-state index contributed by atoms with van der Waals surface area (Å²) >= 11 is 0. The van der Waals surface area contributed by atoms with E-state index in [4.69, 9.17) is 9.57 Å². The fourth-order valence-corrected chi connectivity index (χ4v) is 1.91. The van der Waals surface area contributed by atoms with E-state index in [1.54, 1.807) is 23.9 Å². The Morgan fingerprint density at radius 2 is 1.64 bits per heavy atom. The molecule has 0 aliphatic heterocycles. The van der Waals surface area contributed by atoms with Crippen LogP contribution < -0.4 is 5.43 Å². The van der Waals surface area contributed by atoms with E-state index in [9.17, 15) is 0 Å². The average molecular weight is 347 g/mol. The van der Waals surface area contributed by atoms with E-state index >= 15 is 0 Å². The van der Waals surface area contributed by atoms with Gasteiger partial charge in [-0.15, -0.1) is 5.17 Å². The van der Waals surface area contributed by atoms with Gasteiger partial charge < -0.3 is 9.57 Å². The van der Waals surface area contributed by atoms with Gasteiger partial charge in [0.25, 0.3) is 0 Å². The fraction of sp³-hybridized carbons (Fsp3) is 0.429. The van der Waals surface area contributed by atoms with Crippen LogP contribution in [0.1, 0.15) is 53.9 Å². The van der Waals surface area contributed by atoms with Crippen molar-refractivity contribution in [1.29, 1.82) is 0 Å². The molecule has 1 unspecified atom stereocenters. The van der Waals surface area contributed by atoms with Crippen LogP contribution in [0, 0.1) is 0 Å². The lowest BCUT2D eigenvalue weighted by molar-refractivity contribution is -0.0889. The normalized spacial score (nSPS) is 15.2. The number of nitrogens with one attached hydrogen (secondary N) is 1. The van der Waals surface area contributed by atoms with Crippen LogP contribution >= 0.6 is 0 Å². The molecule has 0 bridgehead atoms. The van der Waals surface area contributed by atoms with Crippen LogP contribution in [0.5, 0.6) is 0 Å². The Labute approximate surface area is 153 Å². The van der Waals surface area contributed by atoms with Gasteiger partial charge in [-0.05, 0) is 51.8 Å². The van der Waals surface area contributed by atoms with E-state index in [2.05, 4.69) is 37.5 Å². The smallest absolute Gasteiger partial charge is 0.148 e. The zero-order valence-electron chi connectivity index (χ0n) is 16.3. The third-order valence-electron chi connectivity index (χ3n) is 3.06. The van der Waals surface area contributed by atoms with Crippen molar-refractivity contribution in [1.82, 2.24) is 10.6 Å². The van der Waals surface area contributed by atoms with Crippen molar-refractivity contribution in [3.05, 3.63) is 73.5 Å². The zero-order chi connectivity index (χ0) is 18.8. The van der Waals surface area contributed by atoms with E-state index in [0.29, 0.717) is 6.42 Å². The molecule has 0 rings (SSSR count). The Kier molecular flexibility index (Phi) is 13.8. The van der Waals surface area contributed by atoms with E-state index in [1.165, 1.54) is 0 Å². The topological polar surface area (TPSA) is 33.7 Å². The Morgan fingerprint density at radius 1 is 0.880 bits per heavy atom. The van der Waals surface area contributed by atoms with Crippen molar-refractivity contribution in [2.45, 2.75) is 59.5 Å². The van der Waals surface area contributed by atoms with Gasteiger partial charge in [0, 0.05) is 12.6 Å². The van der Waals surface area contributed by atoms with Crippen LogP contribution in [0.15, 0.2) is 73.5 Å². The number of hydrogen-bond acceptors (Lipinski definition) is 4. The maximum absolute atomic E-state index is 5.97. The Morgan fingerprint density at radius 3 is 2.24 bits per heavy atom. The number of allylic oxidation sites excluding steroid dienone is 5. The average Bonchev–Trinajstić information content (AvgIpc) is 2.62. The highest BCUT2D eigenvalue weighted by Gasteiger charge is 2.22. The fourth-order valence-electron chi connectivity index (χ4n) is 1.91. The van der Waals surface area contributed by atoms with Crippen LogP contribution in [0.3, 0.4) is 0 Å². The molecule has 1 atom stereocenters. The summed E-state index contributed by atoms with van der Waals surface area (Å²) < 4.78 is 5.97. The van der Waals surface area contributed by atoms with Crippen LogP contribution in [0.2, 0.25) is 0 Å². The molecule has 0 spiro atoms. The predicted molar refractivity (Wildman–Crippen MR) is 107 cm³/mol. The number of nitrogens with zero attached hydrogens (tertiary/aromatic N) is 1. The van der Waals surface area contributed by atoms with Crippen LogP contribution in [-0.4, -0.2) is 10.8 Å². The van der Waals surface area contributed by atoms with Gasteiger partial charge in [0.1, 0.15) is 11.9 Å². The highest BCUT2D eigenvalue weighted by molar-refractivity contribution is 5.17. The third kappa shape index (κ3) is 10.9. The van der Waals surface area contributed by atoms with Gasteiger partial charge in [-0.2, -0.15) is 0 Å². The molecule has 4 nitrogen and oxygen atoms in total. The summed E-state index contributed by atoms with van der Waals surface area (Å²) in [7, 11) is 0. The molecule has 140 valence electrons. The summed E-state index contributed by atoms with van der Waals surface area (Å²) in [5.74, 6) is 0. The quantitative estimate of drug-likeness (QED) is 0.255. The van der Waals surface area contributed by atoms with Crippen molar-refractivity contribution in [2.75, 3.05) is 0 Å². The predicted octanol–water partition coefficient (Wildman–Crippen LogP) is 5.92. The molecule has 0 heterocycles. The Hall–Kier alpha value is -2.36. The van der Waals surface area contributed by atoms with Gasteiger partial charge in [-0.1, -0.05) is 44.2 Å². The second kappa shape index (κ2) is 15.2. The first-order valence-corrected chi connectivity index (χ1v) is 8.93. The van der Waals surface area contributed by atoms with Crippen molar-refractivity contribution < 1.29 is 9.57 Å². The van der Waals surface area contributed by atoms with Crippen LogP contribution in [-0.2, 0) is 9.57 Å². The molecule has 0 aromatic heterocycles. The molecule has 1 N–H and O–H groups in total. The molecule has 0 radical (unpaired) electrons. The zero-order valence-corrected chi connectivity index (χ0v) is 16.3. The molecule has 0 amide bonds. The van der Waals surface area contributed by atoms with Crippen molar-refractivity contribution >= 4 is 0 Å². The summed E-state index contributed by atoms with van der Waals surface area (Å²) in [6, 6.07) is 0. The van der Waals surface area contributed by atoms with Crippen LogP contribution in [0.25, 0.3) is 0 Å². The lowest BCUT2D eigenvalue weighted by Gasteiger charge is -2.26. The van der Waals surface area contributed by atoms with E-state index in [1.807, 2.05) is 57.4 Å².